The van der Waals surface area contributed by atoms with Crippen LogP contribution in [0.15, 0.2) is 24.3 Å². The fraction of sp³-hybridized carbons (Fsp3) is 0.650. The average Bonchev–Trinajstić information content (AvgIpc) is 2.44. The maximum absolute atomic E-state index is 13.2. The largest absolute Gasteiger partial charge is 0.288 e. The maximum atomic E-state index is 13.2. The molecule has 0 fully saturated rings. The number of ketones is 1. The molecule has 0 amide bonds. The van der Waals surface area contributed by atoms with Gasteiger partial charge in [-0.2, -0.15) is 0 Å². The van der Waals surface area contributed by atoms with E-state index in [1.807, 2.05) is 12.1 Å². The van der Waals surface area contributed by atoms with Crippen molar-refractivity contribution in [2.45, 2.75) is 66.1 Å². The highest BCUT2D eigenvalue weighted by Gasteiger charge is 2.44. The van der Waals surface area contributed by atoms with Gasteiger partial charge in [0.25, 0.3) is 0 Å². The van der Waals surface area contributed by atoms with Crippen LogP contribution in [0.4, 0.5) is 0 Å². The molecular formula is C20H33OS+. The third-order valence-electron chi connectivity index (χ3n) is 3.92. The van der Waals surface area contributed by atoms with Gasteiger partial charge in [0, 0.05) is 11.0 Å². The summed E-state index contributed by atoms with van der Waals surface area (Å²) in [6.07, 6.45) is 3.61. The summed E-state index contributed by atoms with van der Waals surface area (Å²) in [6.45, 7) is 13.2. The van der Waals surface area contributed by atoms with Crippen molar-refractivity contribution in [2.75, 3.05) is 11.5 Å². The normalized spacial score (nSPS) is 14.6. The lowest BCUT2D eigenvalue weighted by molar-refractivity contribution is 0.0949. The summed E-state index contributed by atoms with van der Waals surface area (Å²) < 4.78 is 0. The quantitative estimate of drug-likeness (QED) is 0.461. The molecule has 0 saturated carbocycles. The number of carbonyl (C=O) groups is 1. The molecule has 2 atom stereocenters. The molecule has 2 unspecified atom stereocenters. The standard InChI is InChI=1S/C20H33OS/c1-7-9-15-22(14-8-2)19(20(4,5)6)18(21)17-12-10-16(3)11-13-17/h10-13,19H,7-9,14-15H2,1-6H3/q+1. The molecule has 1 rings (SSSR count). The van der Waals surface area contributed by atoms with Gasteiger partial charge in [-0.1, -0.05) is 70.9 Å². The van der Waals surface area contributed by atoms with Crippen molar-refractivity contribution in [3.05, 3.63) is 35.4 Å². The Balaban J connectivity index is 3.09. The first-order valence-corrected chi connectivity index (χ1v) is 10.2. The van der Waals surface area contributed by atoms with E-state index in [1.165, 1.54) is 36.3 Å². The van der Waals surface area contributed by atoms with Crippen LogP contribution in [0.5, 0.6) is 0 Å². The highest BCUT2D eigenvalue weighted by molar-refractivity contribution is 7.98. The molecule has 0 aromatic heterocycles. The minimum Gasteiger partial charge on any atom is -0.288 e. The van der Waals surface area contributed by atoms with Gasteiger partial charge in [0.1, 0.15) is 11.5 Å². The summed E-state index contributed by atoms with van der Waals surface area (Å²) in [7, 11) is 0.183. The molecule has 1 aromatic carbocycles. The van der Waals surface area contributed by atoms with E-state index in [0.29, 0.717) is 5.78 Å². The highest BCUT2D eigenvalue weighted by Crippen LogP contribution is 2.31. The molecule has 1 nitrogen and oxygen atoms in total. The molecule has 0 saturated heterocycles. The number of benzene rings is 1. The smallest absolute Gasteiger partial charge is 0.215 e. The number of Topliss-reactive ketones (excluding diaryl/α,β-unsaturated/α-hetero) is 1. The second kappa shape index (κ2) is 8.76. The van der Waals surface area contributed by atoms with Gasteiger partial charge in [0.05, 0.1) is 0 Å². The summed E-state index contributed by atoms with van der Waals surface area (Å²) in [5.74, 6) is 2.73. The van der Waals surface area contributed by atoms with Gasteiger partial charge in [-0.3, -0.25) is 4.79 Å². The topological polar surface area (TPSA) is 17.1 Å². The van der Waals surface area contributed by atoms with Crippen LogP contribution in [-0.4, -0.2) is 22.5 Å². The lowest BCUT2D eigenvalue weighted by Gasteiger charge is -2.29. The Bertz CT molecular complexity index is 456. The van der Waals surface area contributed by atoms with Gasteiger partial charge >= 0.3 is 0 Å². The van der Waals surface area contributed by atoms with E-state index in [-0.39, 0.29) is 21.6 Å². The van der Waals surface area contributed by atoms with E-state index in [2.05, 4.69) is 53.7 Å². The molecule has 0 N–H and O–H groups in total. The Morgan fingerprint density at radius 3 is 2.09 bits per heavy atom. The van der Waals surface area contributed by atoms with Crippen LogP contribution in [0.2, 0.25) is 0 Å². The van der Waals surface area contributed by atoms with Crippen LogP contribution in [0.25, 0.3) is 0 Å². The van der Waals surface area contributed by atoms with Gasteiger partial charge < -0.3 is 0 Å². The van der Waals surface area contributed by atoms with Crippen molar-refractivity contribution in [3.8, 4) is 0 Å². The zero-order valence-electron chi connectivity index (χ0n) is 15.2. The number of aryl methyl sites for hydroxylation is 1. The fourth-order valence-corrected chi connectivity index (χ4v) is 6.14. The number of unbranched alkanes of at least 4 members (excludes halogenated alkanes) is 1. The Morgan fingerprint density at radius 2 is 1.64 bits per heavy atom. The van der Waals surface area contributed by atoms with Gasteiger partial charge in [-0.15, -0.1) is 0 Å². The molecule has 22 heavy (non-hydrogen) atoms. The Labute approximate surface area is 140 Å². The third kappa shape index (κ3) is 5.46. The maximum Gasteiger partial charge on any atom is 0.215 e. The average molecular weight is 322 g/mol. The van der Waals surface area contributed by atoms with Crippen molar-refractivity contribution in [2.24, 2.45) is 5.41 Å². The SMILES string of the molecule is CCCC[S+](CCC)C(C(=O)c1ccc(C)cc1)C(C)(C)C. The molecule has 0 bridgehead atoms. The number of hydrogen-bond donors (Lipinski definition) is 0. The van der Waals surface area contributed by atoms with Crippen LogP contribution in [0.3, 0.4) is 0 Å². The van der Waals surface area contributed by atoms with Gasteiger partial charge in [-0.25, -0.2) is 0 Å². The fourth-order valence-electron chi connectivity index (χ4n) is 2.84. The van der Waals surface area contributed by atoms with E-state index >= 15 is 0 Å². The van der Waals surface area contributed by atoms with Crippen LogP contribution in [0.1, 0.15) is 69.8 Å². The second-order valence-corrected chi connectivity index (χ2v) is 9.64. The molecule has 0 radical (unpaired) electrons. The highest BCUT2D eigenvalue weighted by atomic mass is 32.2. The first-order valence-electron chi connectivity index (χ1n) is 8.58. The van der Waals surface area contributed by atoms with Gasteiger partial charge in [0.2, 0.25) is 5.78 Å². The van der Waals surface area contributed by atoms with Crippen molar-refractivity contribution in [1.29, 1.82) is 0 Å². The molecule has 0 spiro atoms. The molecule has 0 aliphatic heterocycles. The Hall–Kier alpha value is -0.760. The Kier molecular flexibility index (Phi) is 7.68. The molecule has 0 aliphatic carbocycles. The van der Waals surface area contributed by atoms with Crippen molar-refractivity contribution in [3.63, 3.8) is 0 Å². The van der Waals surface area contributed by atoms with Crippen LogP contribution >= 0.6 is 0 Å². The number of hydrogen-bond acceptors (Lipinski definition) is 1. The third-order valence-corrected chi connectivity index (χ3v) is 7.25. The summed E-state index contributed by atoms with van der Waals surface area (Å²) in [5, 5.41) is 0.140. The van der Waals surface area contributed by atoms with E-state index in [4.69, 9.17) is 0 Å². The first kappa shape index (κ1) is 19.3. The van der Waals surface area contributed by atoms with Crippen molar-refractivity contribution < 1.29 is 4.79 Å². The number of rotatable bonds is 8. The predicted molar refractivity (Wildman–Crippen MR) is 101 cm³/mol. The lowest BCUT2D eigenvalue weighted by Crippen LogP contribution is -2.44. The molecule has 2 heteroatoms. The number of carbonyl (C=O) groups excluding carboxylic acids is 1. The molecule has 1 aromatic rings. The summed E-state index contributed by atoms with van der Waals surface area (Å²) >= 11 is 0. The lowest BCUT2D eigenvalue weighted by atomic mass is 9.87. The molecule has 0 heterocycles. The minimum atomic E-state index is 0.0218. The summed E-state index contributed by atoms with van der Waals surface area (Å²) in [6, 6.07) is 8.11. The van der Waals surface area contributed by atoms with E-state index < -0.39 is 0 Å². The minimum absolute atomic E-state index is 0.0218. The molecule has 124 valence electrons. The van der Waals surface area contributed by atoms with Crippen LogP contribution in [0, 0.1) is 12.3 Å². The van der Waals surface area contributed by atoms with Crippen LogP contribution < -0.4 is 0 Å². The van der Waals surface area contributed by atoms with E-state index in [1.54, 1.807) is 0 Å². The van der Waals surface area contributed by atoms with E-state index in [0.717, 1.165) is 5.56 Å². The molecule has 0 aliphatic rings. The van der Waals surface area contributed by atoms with Crippen molar-refractivity contribution in [1.82, 2.24) is 0 Å². The summed E-state index contributed by atoms with van der Waals surface area (Å²) in [4.78, 5) is 13.2. The predicted octanol–water partition coefficient (Wildman–Crippen LogP) is 5.42. The van der Waals surface area contributed by atoms with Crippen molar-refractivity contribution >= 4 is 16.7 Å². The zero-order chi connectivity index (χ0) is 16.8. The second-order valence-electron chi connectivity index (χ2n) is 7.28. The monoisotopic (exact) mass is 321 g/mol. The first-order chi connectivity index (χ1) is 10.3. The van der Waals surface area contributed by atoms with Crippen LogP contribution in [-0.2, 0) is 10.9 Å². The summed E-state index contributed by atoms with van der Waals surface area (Å²) in [5.41, 5.74) is 2.12. The zero-order valence-corrected chi connectivity index (χ0v) is 16.1. The van der Waals surface area contributed by atoms with E-state index in [9.17, 15) is 4.79 Å². The van der Waals surface area contributed by atoms with Gasteiger partial charge in [-0.05, 0) is 30.7 Å². The van der Waals surface area contributed by atoms with Gasteiger partial charge in [0.15, 0.2) is 5.25 Å². The molecular weight excluding hydrogens is 288 g/mol. The Morgan fingerprint density at radius 1 is 1.05 bits per heavy atom.